The monoisotopic (exact) mass is 371 g/mol. The number of nitrogens with zero attached hydrogens (tertiary/aromatic N) is 3. The van der Waals surface area contributed by atoms with Gasteiger partial charge in [0.15, 0.2) is 0 Å². The fraction of sp³-hybridized carbons (Fsp3) is 0.562. The van der Waals surface area contributed by atoms with Gasteiger partial charge in [-0.25, -0.2) is 8.42 Å². The topological polar surface area (TPSA) is 79.4 Å². The van der Waals surface area contributed by atoms with E-state index in [1.165, 1.54) is 33.4 Å². The van der Waals surface area contributed by atoms with Crippen molar-refractivity contribution in [1.29, 1.82) is 0 Å². The van der Waals surface area contributed by atoms with Gasteiger partial charge in [0.25, 0.3) is 0 Å². The van der Waals surface area contributed by atoms with Crippen molar-refractivity contribution in [3.8, 4) is 11.5 Å². The van der Waals surface area contributed by atoms with Gasteiger partial charge in [0.05, 0.1) is 20.8 Å². The first-order chi connectivity index (χ1) is 11.8. The molecule has 0 bridgehead atoms. The second-order valence-electron chi connectivity index (χ2n) is 5.96. The first kappa shape index (κ1) is 19.5. The molecule has 0 radical (unpaired) electrons. The molecule has 1 aromatic carbocycles. The quantitative estimate of drug-likeness (QED) is 0.706. The summed E-state index contributed by atoms with van der Waals surface area (Å²) in [6.07, 6.45) is 0. The maximum atomic E-state index is 12.9. The summed E-state index contributed by atoms with van der Waals surface area (Å²) >= 11 is 0. The zero-order valence-electron chi connectivity index (χ0n) is 15.1. The lowest BCUT2D eigenvalue weighted by Crippen LogP contribution is -2.50. The first-order valence-corrected chi connectivity index (χ1v) is 9.38. The number of amides is 1. The van der Waals surface area contributed by atoms with Crippen LogP contribution in [0.2, 0.25) is 0 Å². The van der Waals surface area contributed by atoms with Crippen LogP contribution in [0.4, 0.5) is 0 Å². The van der Waals surface area contributed by atoms with Crippen molar-refractivity contribution < 1.29 is 22.7 Å². The molecule has 1 aliphatic heterocycles. The Balaban J connectivity index is 2.17. The first-order valence-electron chi connectivity index (χ1n) is 7.94. The van der Waals surface area contributed by atoms with Crippen LogP contribution in [0.1, 0.15) is 0 Å². The van der Waals surface area contributed by atoms with Gasteiger partial charge in [-0.3, -0.25) is 4.79 Å². The van der Waals surface area contributed by atoms with Crippen LogP contribution >= 0.6 is 0 Å². The van der Waals surface area contributed by atoms with Gasteiger partial charge in [0.1, 0.15) is 16.4 Å². The number of benzene rings is 1. The number of likely N-dealkylation sites (N-methyl/N-ethyl adjacent to an activating group) is 2. The summed E-state index contributed by atoms with van der Waals surface area (Å²) in [5, 5.41) is 0. The summed E-state index contributed by atoms with van der Waals surface area (Å²) in [5.41, 5.74) is 0. The van der Waals surface area contributed by atoms with Crippen LogP contribution in [0.15, 0.2) is 23.1 Å². The van der Waals surface area contributed by atoms with Crippen LogP contribution in [-0.4, -0.2) is 89.5 Å². The fourth-order valence-corrected chi connectivity index (χ4v) is 3.87. The highest BCUT2D eigenvalue weighted by molar-refractivity contribution is 7.89. The van der Waals surface area contributed by atoms with Gasteiger partial charge in [0.2, 0.25) is 15.9 Å². The number of hydrogen-bond acceptors (Lipinski definition) is 6. The van der Waals surface area contributed by atoms with Gasteiger partial charge in [-0.2, -0.15) is 4.31 Å². The smallest absolute Gasteiger partial charge is 0.247 e. The molecule has 1 aliphatic rings. The average Bonchev–Trinajstić information content (AvgIpc) is 2.61. The zero-order chi connectivity index (χ0) is 18.6. The minimum Gasteiger partial charge on any atom is -0.497 e. The summed E-state index contributed by atoms with van der Waals surface area (Å²) < 4.78 is 37.0. The van der Waals surface area contributed by atoms with E-state index in [4.69, 9.17) is 9.47 Å². The summed E-state index contributed by atoms with van der Waals surface area (Å²) in [7, 11) is 2.35. The molecule has 0 saturated carbocycles. The van der Waals surface area contributed by atoms with Gasteiger partial charge in [-0.15, -0.1) is 0 Å². The SMILES string of the molecule is COc1ccc(OC)c(S(=O)(=O)N(C)CC(=O)N2CCN(C)CC2)c1. The van der Waals surface area contributed by atoms with E-state index in [1.54, 1.807) is 11.0 Å². The molecule has 0 N–H and O–H groups in total. The molecule has 0 aliphatic carbocycles. The Morgan fingerprint density at radius 2 is 1.80 bits per heavy atom. The van der Waals surface area contributed by atoms with E-state index in [0.29, 0.717) is 18.8 Å². The molecule has 8 nitrogen and oxygen atoms in total. The van der Waals surface area contributed by atoms with Crippen LogP contribution in [-0.2, 0) is 14.8 Å². The van der Waals surface area contributed by atoms with Crippen molar-refractivity contribution >= 4 is 15.9 Å². The Bertz CT molecular complexity index is 714. The van der Waals surface area contributed by atoms with Crippen molar-refractivity contribution in [3.63, 3.8) is 0 Å². The molecule has 0 unspecified atom stereocenters. The van der Waals surface area contributed by atoms with Gasteiger partial charge in [-0.1, -0.05) is 0 Å². The van der Waals surface area contributed by atoms with Crippen molar-refractivity contribution in [3.05, 3.63) is 18.2 Å². The Labute approximate surface area is 149 Å². The molecular formula is C16H25N3O5S. The third-order valence-electron chi connectivity index (χ3n) is 4.27. The predicted octanol–water partition coefficient (Wildman–Crippen LogP) is 0.0983. The van der Waals surface area contributed by atoms with Gasteiger partial charge >= 0.3 is 0 Å². The molecule has 1 saturated heterocycles. The average molecular weight is 371 g/mol. The Kier molecular flexibility index (Phi) is 6.26. The Hall–Kier alpha value is -1.84. The van der Waals surface area contributed by atoms with E-state index < -0.39 is 10.0 Å². The minimum atomic E-state index is -3.89. The maximum Gasteiger partial charge on any atom is 0.247 e. The Morgan fingerprint density at radius 1 is 1.16 bits per heavy atom. The second kappa shape index (κ2) is 8.03. The van der Waals surface area contributed by atoms with Crippen LogP contribution in [0, 0.1) is 0 Å². The molecular weight excluding hydrogens is 346 g/mol. The highest BCUT2D eigenvalue weighted by atomic mass is 32.2. The van der Waals surface area contributed by atoms with E-state index in [-0.39, 0.29) is 23.1 Å². The maximum absolute atomic E-state index is 12.9. The third-order valence-corrected chi connectivity index (χ3v) is 6.10. The van der Waals surface area contributed by atoms with Crippen LogP contribution in [0.5, 0.6) is 11.5 Å². The molecule has 25 heavy (non-hydrogen) atoms. The molecule has 140 valence electrons. The third kappa shape index (κ3) is 4.42. The highest BCUT2D eigenvalue weighted by Gasteiger charge is 2.29. The minimum absolute atomic E-state index is 0.0250. The normalized spacial score (nSPS) is 16.1. The summed E-state index contributed by atoms with van der Waals surface area (Å²) in [6, 6.07) is 4.54. The number of rotatable bonds is 6. The van der Waals surface area contributed by atoms with Gasteiger partial charge in [0, 0.05) is 39.3 Å². The number of sulfonamides is 1. The van der Waals surface area contributed by atoms with Crippen molar-refractivity contribution in [2.45, 2.75) is 4.90 Å². The van der Waals surface area contributed by atoms with Crippen LogP contribution in [0.25, 0.3) is 0 Å². The van der Waals surface area contributed by atoms with Crippen LogP contribution < -0.4 is 9.47 Å². The number of ether oxygens (including phenoxy) is 2. The molecule has 2 rings (SSSR count). The molecule has 1 fully saturated rings. The number of carbonyl (C=O) groups excluding carboxylic acids is 1. The van der Waals surface area contributed by atoms with E-state index >= 15 is 0 Å². The number of carbonyl (C=O) groups is 1. The van der Waals surface area contributed by atoms with E-state index in [9.17, 15) is 13.2 Å². The lowest BCUT2D eigenvalue weighted by atomic mass is 10.3. The van der Waals surface area contributed by atoms with Gasteiger partial charge < -0.3 is 19.3 Å². The second-order valence-corrected chi connectivity index (χ2v) is 7.98. The number of piperazine rings is 1. The summed E-state index contributed by atoms with van der Waals surface area (Å²) in [6.45, 7) is 2.56. The molecule has 1 heterocycles. The largest absolute Gasteiger partial charge is 0.497 e. The standard InChI is InChI=1S/C16H25N3O5S/c1-17-7-9-19(10-8-17)16(20)12-18(2)25(21,22)15-11-13(23-3)5-6-14(15)24-4/h5-6,11H,7-10,12H2,1-4H3. The molecule has 0 atom stereocenters. The van der Waals surface area contributed by atoms with E-state index in [0.717, 1.165) is 17.4 Å². The van der Waals surface area contributed by atoms with Gasteiger partial charge in [-0.05, 0) is 19.2 Å². The molecule has 9 heteroatoms. The summed E-state index contributed by atoms with van der Waals surface area (Å²) in [4.78, 5) is 16.2. The summed E-state index contributed by atoms with van der Waals surface area (Å²) in [5.74, 6) is 0.402. The van der Waals surface area contributed by atoms with Crippen molar-refractivity contribution in [2.24, 2.45) is 0 Å². The van der Waals surface area contributed by atoms with Crippen molar-refractivity contribution in [2.75, 3.05) is 61.0 Å². The van der Waals surface area contributed by atoms with E-state index in [1.807, 2.05) is 7.05 Å². The lowest BCUT2D eigenvalue weighted by molar-refractivity contribution is -0.132. The molecule has 0 spiro atoms. The molecule has 1 aromatic rings. The number of methoxy groups -OCH3 is 2. The lowest BCUT2D eigenvalue weighted by Gasteiger charge is -2.33. The predicted molar refractivity (Wildman–Crippen MR) is 93.4 cm³/mol. The fourth-order valence-electron chi connectivity index (χ4n) is 2.58. The molecule has 1 amide bonds. The van der Waals surface area contributed by atoms with Crippen molar-refractivity contribution in [1.82, 2.24) is 14.1 Å². The zero-order valence-corrected chi connectivity index (χ0v) is 15.9. The Morgan fingerprint density at radius 3 is 2.36 bits per heavy atom. The number of hydrogen-bond donors (Lipinski definition) is 0. The highest BCUT2D eigenvalue weighted by Crippen LogP contribution is 2.30. The molecule has 0 aromatic heterocycles. The van der Waals surface area contributed by atoms with E-state index in [2.05, 4.69) is 4.90 Å². The van der Waals surface area contributed by atoms with Crippen LogP contribution in [0.3, 0.4) is 0 Å².